The maximum absolute atomic E-state index is 12.1. The number of carbonyl (C=O) groups excluding carboxylic acids is 1. The van der Waals surface area contributed by atoms with Gasteiger partial charge in [-0.05, 0) is 50.6 Å². The fraction of sp³-hybridized carbons (Fsp3) is 0.316. The van der Waals surface area contributed by atoms with Gasteiger partial charge in [0.05, 0.1) is 18.4 Å². The largest absolute Gasteiger partial charge is 0.494 e. The number of hydrogen-bond acceptors (Lipinski definition) is 3. The third-order valence-electron chi connectivity index (χ3n) is 3.46. The van der Waals surface area contributed by atoms with E-state index in [4.69, 9.17) is 4.74 Å². The van der Waals surface area contributed by atoms with Crippen LogP contribution >= 0.6 is 11.8 Å². The second-order valence-corrected chi connectivity index (χ2v) is 6.44. The first-order valence-electron chi connectivity index (χ1n) is 7.80. The molecule has 2 aromatic rings. The van der Waals surface area contributed by atoms with Crippen LogP contribution in [0.3, 0.4) is 0 Å². The summed E-state index contributed by atoms with van der Waals surface area (Å²) in [6, 6.07) is 16.0. The maximum Gasteiger partial charge on any atom is 0.230 e. The van der Waals surface area contributed by atoms with E-state index in [1.54, 1.807) is 11.8 Å². The second kappa shape index (κ2) is 8.63. The number of carbonyl (C=O) groups is 1. The average molecular weight is 329 g/mol. The molecule has 0 saturated heterocycles. The first-order chi connectivity index (χ1) is 11.1. The smallest absolute Gasteiger partial charge is 0.230 e. The lowest BCUT2D eigenvalue weighted by atomic mass is 10.1. The maximum atomic E-state index is 12.1. The molecule has 0 aliphatic rings. The molecule has 0 unspecified atom stereocenters. The van der Waals surface area contributed by atoms with E-state index in [0.717, 1.165) is 16.2 Å². The van der Waals surface area contributed by atoms with Gasteiger partial charge in [0.2, 0.25) is 5.91 Å². The summed E-state index contributed by atoms with van der Waals surface area (Å²) in [4.78, 5) is 13.2. The van der Waals surface area contributed by atoms with Crippen LogP contribution in [-0.4, -0.2) is 18.3 Å². The standard InChI is InChI=1S/C19H23NO2S/c1-4-22-17-9-7-16(8-10-17)15(3)20-19(21)13-23-18-11-5-14(2)6-12-18/h5-12,15H,4,13H2,1-3H3,(H,20,21)/t15-/m0/s1. The van der Waals surface area contributed by atoms with Gasteiger partial charge >= 0.3 is 0 Å². The van der Waals surface area contributed by atoms with E-state index in [1.807, 2.05) is 50.2 Å². The Morgan fingerprint density at radius 2 is 1.78 bits per heavy atom. The molecule has 23 heavy (non-hydrogen) atoms. The van der Waals surface area contributed by atoms with Gasteiger partial charge in [0.1, 0.15) is 5.75 Å². The number of ether oxygens (including phenoxy) is 1. The molecule has 0 aromatic heterocycles. The summed E-state index contributed by atoms with van der Waals surface area (Å²) in [5.41, 5.74) is 2.30. The molecule has 0 radical (unpaired) electrons. The molecule has 3 nitrogen and oxygen atoms in total. The molecule has 2 rings (SSSR count). The van der Waals surface area contributed by atoms with Crippen molar-refractivity contribution in [2.24, 2.45) is 0 Å². The molecule has 0 saturated carbocycles. The summed E-state index contributed by atoms with van der Waals surface area (Å²) in [5, 5.41) is 3.03. The molecule has 4 heteroatoms. The van der Waals surface area contributed by atoms with Crippen LogP contribution in [0.1, 0.15) is 31.0 Å². The number of nitrogens with one attached hydrogen (secondary N) is 1. The van der Waals surface area contributed by atoms with Crippen LogP contribution in [0.4, 0.5) is 0 Å². The lowest BCUT2D eigenvalue weighted by molar-refractivity contribution is -0.119. The molecule has 0 fully saturated rings. The highest BCUT2D eigenvalue weighted by Crippen LogP contribution is 2.20. The van der Waals surface area contributed by atoms with Crippen molar-refractivity contribution in [1.82, 2.24) is 5.32 Å². The predicted octanol–water partition coefficient (Wildman–Crippen LogP) is 4.36. The van der Waals surface area contributed by atoms with Gasteiger partial charge in [0.25, 0.3) is 0 Å². The van der Waals surface area contributed by atoms with E-state index in [2.05, 4.69) is 24.4 Å². The third-order valence-corrected chi connectivity index (χ3v) is 4.47. The zero-order valence-corrected chi connectivity index (χ0v) is 14.7. The van der Waals surface area contributed by atoms with Gasteiger partial charge in [0.15, 0.2) is 0 Å². The highest BCUT2D eigenvalue weighted by atomic mass is 32.2. The highest BCUT2D eigenvalue weighted by molar-refractivity contribution is 8.00. The van der Waals surface area contributed by atoms with Crippen molar-refractivity contribution in [3.8, 4) is 5.75 Å². The summed E-state index contributed by atoms with van der Waals surface area (Å²) in [7, 11) is 0. The van der Waals surface area contributed by atoms with Gasteiger partial charge < -0.3 is 10.1 Å². The number of rotatable bonds is 7. The molecule has 0 aliphatic carbocycles. The van der Waals surface area contributed by atoms with Crippen molar-refractivity contribution in [3.63, 3.8) is 0 Å². The van der Waals surface area contributed by atoms with Gasteiger partial charge in [0, 0.05) is 4.90 Å². The minimum Gasteiger partial charge on any atom is -0.494 e. The number of benzene rings is 2. The molecule has 1 N–H and O–H groups in total. The molecule has 0 heterocycles. The van der Waals surface area contributed by atoms with Crippen molar-refractivity contribution in [2.75, 3.05) is 12.4 Å². The third kappa shape index (κ3) is 5.64. The molecule has 1 atom stereocenters. The van der Waals surface area contributed by atoms with Crippen molar-refractivity contribution >= 4 is 17.7 Å². The normalized spacial score (nSPS) is 11.8. The highest BCUT2D eigenvalue weighted by Gasteiger charge is 2.10. The van der Waals surface area contributed by atoms with E-state index in [9.17, 15) is 4.79 Å². The molecule has 1 amide bonds. The Bertz CT molecular complexity index is 623. The number of thioether (sulfide) groups is 1. The summed E-state index contributed by atoms with van der Waals surface area (Å²) in [5.74, 6) is 1.31. The molecule has 2 aromatic carbocycles. The Labute approximate surface area is 142 Å². The minimum atomic E-state index is -0.0169. The van der Waals surface area contributed by atoms with E-state index >= 15 is 0 Å². The van der Waals surface area contributed by atoms with Crippen LogP contribution in [0.2, 0.25) is 0 Å². The zero-order valence-electron chi connectivity index (χ0n) is 13.8. The molecular weight excluding hydrogens is 306 g/mol. The second-order valence-electron chi connectivity index (χ2n) is 5.39. The number of aryl methyl sites for hydroxylation is 1. The molecular formula is C19H23NO2S. The van der Waals surface area contributed by atoms with Crippen molar-refractivity contribution in [1.29, 1.82) is 0 Å². The summed E-state index contributed by atoms with van der Waals surface area (Å²) >= 11 is 1.55. The molecule has 0 bridgehead atoms. The molecule has 0 spiro atoms. The topological polar surface area (TPSA) is 38.3 Å². The van der Waals surface area contributed by atoms with Gasteiger partial charge in [-0.3, -0.25) is 4.79 Å². The average Bonchev–Trinajstić information content (AvgIpc) is 2.55. The first kappa shape index (κ1) is 17.4. The van der Waals surface area contributed by atoms with Crippen LogP contribution < -0.4 is 10.1 Å². The SMILES string of the molecule is CCOc1ccc([C@H](C)NC(=O)CSc2ccc(C)cc2)cc1. The minimum absolute atomic E-state index is 0.0169. The van der Waals surface area contributed by atoms with Crippen LogP contribution in [-0.2, 0) is 4.79 Å². The van der Waals surface area contributed by atoms with E-state index in [-0.39, 0.29) is 11.9 Å². The summed E-state index contributed by atoms with van der Waals surface area (Å²) < 4.78 is 5.43. The van der Waals surface area contributed by atoms with Crippen molar-refractivity contribution < 1.29 is 9.53 Å². The summed E-state index contributed by atoms with van der Waals surface area (Å²) in [6.07, 6.45) is 0. The van der Waals surface area contributed by atoms with Crippen molar-refractivity contribution in [2.45, 2.75) is 31.7 Å². The zero-order chi connectivity index (χ0) is 16.7. The van der Waals surface area contributed by atoms with Gasteiger partial charge in [-0.1, -0.05) is 29.8 Å². The van der Waals surface area contributed by atoms with Crippen LogP contribution in [0.15, 0.2) is 53.4 Å². The van der Waals surface area contributed by atoms with Gasteiger partial charge in [-0.15, -0.1) is 11.8 Å². The van der Waals surface area contributed by atoms with E-state index in [1.165, 1.54) is 5.56 Å². The first-order valence-corrected chi connectivity index (χ1v) is 8.78. The number of hydrogen-bond donors (Lipinski definition) is 1. The van der Waals surface area contributed by atoms with E-state index < -0.39 is 0 Å². The monoisotopic (exact) mass is 329 g/mol. The Morgan fingerprint density at radius 1 is 1.13 bits per heavy atom. The number of amides is 1. The van der Waals surface area contributed by atoms with Gasteiger partial charge in [-0.2, -0.15) is 0 Å². The Kier molecular flexibility index (Phi) is 6.53. The van der Waals surface area contributed by atoms with Crippen LogP contribution in [0.5, 0.6) is 5.75 Å². The lowest BCUT2D eigenvalue weighted by Crippen LogP contribution is -2.28. The molecule has 122 valence electrons. The van der Waals surface area contributed by atoms with Gasteiger partial charge in [-0.25, -0.2) is 0 Å². The Balaban J connectivity index is 1.82. The Morgan fingerprint density at radius 3 is 2.39 bits per heavy atom. The quantitative estimate of drug-likeness (QED) is 0.767. The fourth-order valence-electron chi connectivity index (χ4n) is 2.17. The van der Waals surface area contributed by atoms with Crippen LogP contribution in [0, 0.1) is 6.92 Å². The molecule has 0 aliphatic heterocycles. The fourth-order valence-corrected chi connectivity index (χ4v) is 2.88. The van der Waals surface area contributed by atoms with E-state index in [0.29, 0.717) is 12.4 Å². The lowest BCUT2D eigenvalue weighted by Gasteiger charge is -2.15. The summed E-state index contributed by atoms with van der Waals surface area (Å²) in [6.45, 7) is 6.66. The predicted molar refractivity (Wildman–Crippen MR) is 96.1 cm³/mol. The van der Waals surface area contributed by atoms with Crippen molar-refractivity contribution in [3.05, 3.63) is 59.7 Å². The Hall–Kier alpha value is -1.94. The van der Waals surface area contributed by atoms with Crippen LogP contribution in [0.25, 0.3) is 0 Å².